The average Bonchev–Trinajstić information content (AvgIpc) is 2.85. The third-order valence-electron chi connectivity index (χ3n) is 1.86. The first-order valence-corrected chi connectivity index (χ1v) is 4.19. The first-order valence-electron chi connectivity index (χ1n) is 4.19. The molecule has 0 unspecified atom stereocenters. The van der Waals surface area contributed by atoms with Gasteiger partial charge in [-0.05, 0) is 12.8 Å². The van der Waals surface area contributed by atoms with Crippen LogP contribution in [0.25, 0.3) is 0 Å². The number of hydrogen-bond acceptors (Lipinski definition) is 3. The molecule has 72 valence electrons. The normalized spacial score (nSPS) is 15.1. The van der Waals surface area contributed by atoms with Crippen LogP contribution in [-0.2, 0) is 14.3 Å². The summed E-state index contributed by atoms with van der Waals surface area (Å²) in [6.07, 6.45) is 2.01. The second-order valence-electron chi connectivity index (χ2n) is 3.10. The van der Waals surface area contributed by atoms with Gasteiger partial charge >= 0.3 is 11.9 Å². The van der Waals surface area contributed by atoms with Crippen molar-refractivity contribution in [3.63, 3.8) is 0 Å². The summed E-state index contributed by atoms with van der Waals surface area (Å²) in [6, 6.07) is 0. The van der Waals surface area contributed by atoms with Crippen LogP contribution in [-0.4, -0.2) is 23.7 Å². The molecule has 0 amide bonds. The standard InChI is InChI=1S/C9H12O4/c1-6(8(10)11)4-5-13-9(12)7-2-3-7/h7H,1-5H2,(H,10,11). The predicted octanol–water partition coefficient (Wildman–Crippen LogP) is 0.970. The van der Waals surface area contributed by atoms with Crippen LogP contribution in [0.1, 0.15) is 19.3 Å². The van der Waals surface area contributed by atoms with Crippen LogP contribution in [0, 0.1) is 5.92 Å². The van der Waals surface area contributed by atoms with Crippen molar-refractivity contribution in [2.45, 2.75) is 19.3 Å². The van der Waals surface area contributed by atoms with Gasteiger partial charge < -0.3 is 9.84 Å². The Labute approximate surface area is 76.2 Å². The zero-order valence-corrected chi connectivity index (χ0v) is 7.28. The third-order valence-corrected chi connectivity index (χ3v) is 1.86. The van der Waals surface area contributed by atoms with E-state index in [-0.39, 0.29) is 30.5 Å². The maximum absolute atomic E-state index is 11.0. The Morgan fingerprint density at radius 2 is 2.08 bits per heavy atom. The summed E-state index contributed by atoms with van der Waals surface area (Å²) >= 11 is 0. The number of carboxylic acids is 1. The maximum Gasteiger partial charge on any atom is 0.331 e. The molecule has 0 aromatic heterocycles. The van der Waals surface area contributed by atoms with E-state index in [1.165, 1.54) is 0 Å². The van der Waals surface area contributed by atoms with E-state index in [0.29, 0.717) is 0 Å². The number of ether oxygens (including phenoxy) is 1. The number of aliphatic carboxylic acids is 1. The molecule has 4 nitrogen and oxygen atoms in total. The van der Waals surface area contributed by atoms with Gasteiger partial charge in [0, 0.05) is 12.0 Å². The van der Waals surface area contributed by atoms with Gasteiger partial charge in [-0.1, -0.05) is 6.58 Å². The lowest BCUT2D eigenvalue weighted by Gasteiger charge is -2.02. The molecule has 0 aromatic rings. The molecule has 4 heteroatoms. The molecule has 0 aromatic carbocycles. The zero-order chi connectivity index (χ0) is 9.84. The molecule has 0 bridgehead atoms. The molecule has 1 aliphatic rings. The number of rotatable bonds is 5. The Morgan fingerprint density at radius 1 is 1.46 bits per heavy atom. The van der Waals surface area contributed by atoms with Gasteiger partial charge in [0.25, 0.3) is 0 Å². The molecule has 0 aliphatic heterocycles. The molecule has 1 N–H and O–H groups in total. The lowest BCUT2D eigenvalue weighted by molar-refractivity contribution is -0.145. The maximum atomic E-state index is 11.0. The molecule has 0 saturated heterocycles. The largest absolute Gasteiger partial charge is 0.478 e. The minimum Gasteiger partial charge on any atom is -0.478 e. The SMILES string of the molecule is C=C(CCOC(=O)C1CC1)C(=O)O. The van der Waals surface area contributed by atoms with E-state index in [0.717, 1.165) is 12.8 Å². The first-order chi connectivity index (χ1) is 6.11. The van der Waals surface area contributed by atoms with Crippen molar-refractivity contribution in [1.82, 2.24) is 0 Å². The lowest BCUT2D eigenvalue weighted by atomic mass is 10.2. The van der Waals surface area contributed by atoms with Crippen LogP contribution >= 0.6 is 0 Å². The van der Waals surface area contributed by atoms with E-state index < -0.39 is 5.97 Å². The molecule has 1 saturated carbocycles. The molecular weight excluding hydrogens is 172 g/mol. The van der Waals surface area contributed by atoms with Gasteiger partial charge in [0.1, 0.15) is 0 Å². The van der Waals surface area contributed by atoms with E-state index in [1.54, 1.807) is 0 Å². The molecule has 1 rings (SSSR count). The van der Waals surface area contributed by atoms with Crippen molar-refractivity contribution in [1.29, 1.82) is 0 Å². The molecule has 1 aliphatic carbocycles. The van der Waals surface area contributed by atoms with Crippen molar-refractivity contribution >= 4 is 11.9 Å². The molecule has 0 spiro atoms. The fourth-order valence-corrected chi connectivity index (χ4v) is 0.819. The van der Waals surface area contributed by atoms with Gasteiger partial charge in [0.05, 0.1) is 12.5 Å². The minimum absolute atomic E-state index is 0.0677. The molecular formula is C9H12O4. The number of esters is 1. The fourth-order valence-electron chi connectivity index (χ4n) is 0.819. The van der Waals surface area contributed by atoms with Crippen LogP contribution in [0.15, 0.2) is 12.2 Å². The summed E-state index contributed by atoms with van der Waals surface area (Å²) < 4.78 is 4.82. The highest BCUT2D eigenvalue weighted by Crippen LogP contribution is 2.30. The highest BCUT2D eigenvalue weighted by atomic mass is 16.5. The Morgan fingerprint density at radius 3 is 2.54 bits per heavy atom. The van der Waals surface area contributed by atoms with Gasteiger partial charge in [-0.2, -0.15) is 0 Å². The van der Waals surface area contributed by atoms with Crippen molar-refractivity contribution in [3.05, 3.63) is 12.2 Å². The Hall–Kier alpha value is -1.32. The van der Waals surface area contributed by atoms with Crippen molar-refractivity contribution in [2.24, 2.45) is 5.92 Å². The quantitative estimate of drug-likeness (QED) is 0.510. The zero-order valence-electron chi connectivity index (χ0n) is 7.28. The fraction of sp³-hybridized carbons (Fsp3) is 0.556. The second kappa shape index (κ2) is 4.07. The second-order valence-corrected chi connectivity index (χ2v) is 3.10. The minimum atomic E-state index is -1.04. The van der Waals surface area contributed by atoms with E-state index in [2.05, 4.69) is 6.58 Å². The van der Waals surface area contributed by atoms with Gasteiger partial charge in [-0.3, -0.25) is 4.79 Å². The highest BCUT2D eigenvalue weighted by Gasteiger charge is 2.31. The van der Waals surface area contributed by atoms with Gasteiger partial charge in [-0.25, -0.2) is 4.79 Å². The number of carbonyl (C=O) groups is 2. The van der Waals surface area contributed by atoms with Crippen LogP contribution in [0.4, 0.5) is 0 Å². The summed E-state index contributed by atoms with van der Waals surface area (Å²) in [4.78, 5) is 21.2. The Kier molecular flexibility index (Phi) is 3.06. The predicted molar refractivity (Wildman–Crippen MR) is 45.1 cm³/mol. The summed E-state index contributed by atoms with van der Waals surface area (Å²) in [5.74, 6) is -1.18. The van der Waals surface area contributed by atoms with E-state index in [4.69, 9.17) is 9.84 Å². The van der Waals surface area contributed by atoms with Gasteiger partial charge in [0.2, 0.25) is 0 Å². The summed E-state index contributed by atoms with van der Waals surface area (Å²) in [5.41, 5.74) is 0.0728. The van der Waals surface area contributed by atoms with Crippen molar-refractivity contribution < 1.29 is 19.4 Å². The molecule has 1 fully saturated rings. The van der Waals surface area contributed by atoms with Crippen LogP contribution in [0.3, 0.4) is 0 Å². The third kappa shape index (κ3) is 3.27. The molecule has 0 radical (unpaired) electrons. The van der Waals surface area contributed by atoms with Crippen LogP contribution in [0.5, 0.6) is 0 Å². The van der Waals surface area contributed by atoms with Gasteiger partial charge in [-0.15, -0.1) is 0 Å². The van der Waals surface area contributed by atoms with Crippen molar-refractivity contribution in [3.8, 4) is 0 Å². The van der Waals surface area contributed by atoms with Crippen LogP contribution in [0.2, 0.25) is 0 Å². The Bertz CT molecular complexity index is 240. The van der Waals surface area contributed by atoms with Crippen LogP contribution < -0.4 is 0 Å². The van der Waals surface area contributed by atoms with Crippen molar-refractivity contribution in [2.75, 3.05) is 6.61 Å². The van der Waals surface area contributed by atoms with E-state index in [1.807, 2.05) is 0 Å². The van der Waals surface area contributed by atoms with Gasteiger partial charge in [0.15, 0.2) is 0 Å². The summed E-state index contributed by atoms with van der Waals surface area (Å²) in [7, 11) is 0. The molecule has 0 atom stereocenters. The van der Waals surface area contributed by atoms with E-state index >= 15 is 0 Å². The number of carbonyl (C=O) groups excluding carboxylic acids is 1. The topological polar surface area (TPSA) is 63.6 Å². The number of carboxylic acid groups (broad SMARTS) is 1. The Balaban J connectivity index is 2.09. The van der Waals surface area contributed by atoms with E-state index in [9.17, 15) is 9.59 Å². The number of hydrogen-bond donors (Lipinski definition) is 1. The smallest absolute Gasteiger partial charge is 0.331 e. The highest BCUT2D eigenvalue weighted by molar-refractivity contribution is 5.85. The first kappa shape index (κ1) is 9.77. The summed E-state index contributed by atoms with van der Waals surface area (Å²) in [5, 5.41) is 8.43. The molecule has 13 heavy (non-hydrogen) atoms. The lowest BCUT2D eigenvalue weighted by Crippen LogP contribution is -2.10. The monoisotopic (exact) mass is 184 g/mol. The molecule has 0 heterocycles. The summed E-state index contributed by atoms with van der Waals surface area (Å²) in [6.45, 7) is 3.45. The average molecular weight is 184 g/mol.